The van der Waals surface area contributed by atoms with Crippen molar-refractivity contribution in [2.24, 2.45) is 0 Å². The lowest BCUT2D eigenvalue weighted by molar-refractivity contribution is -0.144. The Morgan fingerprint density at radius 2 is 1.97 bits per heavy atom. The number of carbonyl (C=O) groups excluding carboxylic acids is 1. The average molecular weight is 410 g/mol. The van der Waals surface area contributed by atoms with Crippen LogP contribution < -0.4 is 10.4 Å². The minimum Gasteiger partial charge on any atom is -0.497 e. The number of carbonyl (C=O) groups is 1. The monoisotopic (exact) mass is 410 g/mol. The second-order valence-electron chi connectivity index (χ2n) is 7.53. The van der Waals surface area contributed by atoms with Gasteiger partial charge in [-0.2, -0.15) is 13.8 Å². The van der Waals surface area contributed by atoms with Gasteiger partial charge in [-0.15, -0.1) is 0 Å². The van der Waals surface area contributed by atoms with E-state index in [-0.39, 0.29) is 12.2 Å². The maximum Gasteiger partial charge on any atom is 0.328 e. The first kappa shape index (κ1) is 21.6. The molecule has 0 saturated heterocycles. The molecule has 1 aromatic carbocycles. The smallest absolute Gasteiger partial charge is 0.328 e. The summed E-state index contributed by atoms with van der Waals surface area (Å²) in [4.78, 5) is 29.9. The molecule has 3 rings (SSSR count). The average Bonchev–Trinajstić information content (AvgIpc) is 2.98. The number of unbranched alkanes of at least 4 members (excludes halogenated alkanes) is 1. The third-order valence-corrected chi connectivity index (χ3v) is 4.78. The number of hydrogen-bond acceptors (Lipinski definition) is 5. The molecule has 2 heterocycles. The van der Waals surface area contributed by atoms with Gasteiger partial charge in [-0.05, 0) is 30.2 Å². The Morgan fingerprint density at radius 3 is 2.67 bits per heavy atom. The SMILES string of the molecule is CCCCOC(=O)Cn1c(=O)n(C[C-](C)C)c2cc(-c3cccc(OC)c3)cnc21. The van der Waals surface area contributed by atoms with Gasteiger partial charge in [-0.1, -0.05) is 32.0 Å². The Hall–Kier alpha value is -3.09. The number of rotatable bonds is 9. The Balaban J connectivity index is 2.04. The Morgan fingerprint density at radius 1 is 1.17 bits per heavy atom. The highest BCUT2D eigenvalue weighted by molar-refractivity contribution is 5.80. The first-order valence-corrected chi connectivity index (χ1v) is 10.1. The first-order valence-electron chi connectivity index (χ1n) is 10.1. The zero-order chi connectivity index (χ0) is 21.7. The highest BCUT2D eigenvalue weighted by Crippen LogP contribution is 2.26. The zero-order valence-electron chi connectivity index (χ0n) is 18.0. The number of aromatic nitrogens is 3. The molecule has 7 nitrogen and oxygen atoms in total. The fraction of sp³-hybridized carbons (Fsp3) is 0.391. The van der Waals surface area contributed by atoms with Crippen LogP contribution in [0.15, 0.2) is 41.3 Å². The lowest BCUT2D eigenvalue weighted by atomic mass is 10.1. The quantitative estimate of drug-likeness (QED) is 0.304. The molecule has 0 radical (unpaired) electrons. The largest absolute Gasteiger partial charge is 0.497 e. The highest BCUT2D eigenvalue weighted by Gasteiger charge is 2.17. The van der Waals surface area contributed by atoms with Gasteiger partial charge in [0.1, 0.15) is 12.3 Å². The summed E-state index contributed by atoms with van der Waals surface area (Å²) in [5, 5.41) is 0. The van der Waals surface area contributed by atoms with Crippen LogP contribution >= 0.6 is 0 Å². The molecule has 0 aliphatic carbocycles. The minimum absolute atomic E-state index is 0.152. The van der Waals surface area contributed by atoms with Gasteiger partial charge in [0.2, 0.25) is 0 Å². The maximum absolute atomic E-state index is 13.1. The highest BCUT2D eigenvalue weighted by atomic mass is 16.5. The first-order chi connectivity index (χ1) is 14.4. The number of nitrogens with zero attached hydrogens (tertiary/aromatic N) is 3. The lowest BCUT2D eigenvalue weighted by Gasteiger charge is -2.17. The van der Waals surface area contributed by atoms with Crippen LogP contribution in [-0.2, 0) is 22.6 Å². The molecule has 0 aliphatic heterocycles. The molecule has 2 aromatic heterocycles. The molecule has 0 N–H and O–H groups in total. The number of hydrogen-bond donors (Lipinski definition) is 0. The number of benzene rings is 1. The second-order valence-corrected chi connectivity index (χ2v) is 7.53. The van der Waals surface area contributed by atoms with Crippen LogP contribution in [0.3, 0.4) is 0 Å². The number of imidazole rings is 1. The van der Waals surface area contributed by atoms with E-state index in [0.29, 0.717) is 24.3 Å². The van der Waals surface area contributed by atoms with Crippen LogP contribution in [0.4, 0.5) is 0 Å². The molecule has 0 amide bonds. The van der Waals surface area contributed by atoms with Crippen LogP contribution in [0.1, 0.15) is 33.6 Å². The van der Waals surface area contributed by atoms with Gasteiger partial charge in [-0.25, -0.2) is 9.78 Å². The van der Waals surface area contributed by atoms with Gasteiger partial charge in [0, 0.05) is 11.8 Å². The third-order valence-electron chi connectivity index (χ3n) is 4.78. The van der Waals surface area contributed by atoms with Crippen LogP contribution in [0.2, 0.25) is 0 Å². The van der Waals surface area contributed by atoms with Gasteiger partial charge in [0.05, 0.1) is 19.2 Å². The molecule has 0 saturated carbocycles. The van der Waals surface area contributed by atoms with Crippen molar-refractivity contribution in [2.45, 2.75) is 46.7 Å². The van der Waals surface area contributed by atoms with Gasteiger partial charge >= 0.3 is 11.7 Å². The summed E-state index contributed by atoms with van der Waals surface area (Å²) >= 11 is 0. The van der Waals surface area contributed by atoms with Crippen molar-refractivity contribution in [1.82, 2.24) is 14.1 Å². The number of methoxy groups -OCH3 is 1. The van der Waals surface area contributed by atoms with Crippen molar-refractivity contribution < 1.29 is 14.3 Å². The Bertz CT molecular complexity index is 1080. The number of ether oxygens (including phenoxy) is 2. The molecular formula is C23H28N3O4-. The molecule has 30 heavy (non-hydrogen) atoms. The van der Waals surface area contributed by atoms with Crippen molar-refractivity contribution in [3.05, 3.63) is 52.9 Å². The molecule has 0 unspecified atom stereocenters. The Kier molecular flexibility index (Phi) is 6.92. The van der Waals surface area contributed by atoms with E-state index in [4.69, 9.17) is 9.47 Å². The van der Waals surface area contributed by atoms with E-state index in [0.717, 1.165) is 35.6 Å². The molecule has 0 bridgehead atoms. The summed E-state index contributed by atoms with van der Waals surface area (Å²) in [7, 11) is 1.62. The van der Waals surface area contributed by atoms with Crippen molar-refractivity contribution in [3.8, 4) is 16.9 Å². The van der Waals surface area contributed by atoms with Crippen molar-refractivity contribution in [1.29, 1.82) is 0 Å². The summed E-state index contributed by atoms with van der Waals surface area (Å²) in [5.41, 5.74) is 2.69. The molecule has 0 atom stereocenters. The van der Waals surface area contributed by atoms with E-state index in [1.807, 2.05) is 51.1 Å². The summed E-state index contributed by atoms with van der Waals surface area (Å²) in [6, 6.07) is 9.60. The van der Waals surface area contributed by atoms with Gasteiger partial charge in [0.15, 0.2) is 5.65 Å². The predicted molar refractivity (Wildman–Crippen MR) is 116 cm³/mol. The van der Waals surface area contributed by atoms with Crippen LogP contribution in [0.5, 0.6) is 5.75 Å². The summed E-state index contributed by atoms with van der Waals surface area (Å²) in [6.45, 7) is 6.62. The fourth-order valence-electron chi connectivity index (χ4n) is 3.27. The Labute approximate surface area is 176 Å². The number of pyridine rings is 1. The molecular weight excluding hydrogens is 382 g/mol. The van der Waals surface area contributed by atoms with E-state index in [9.17, 15) is 9.59 Å². The fourth-order valence-corrected chi connectivity index (χ4v) is 3.27. The van der Waals surface area contributed by atoms with Crippen molar-refractivity contribution >= 4 is 17.1 Å². The summed E-state index contributed by atoms with van der Waals surface area (Å²) in [5.74, 6) is 1.39. The van der Waals surface area contributed by atoms with E-state index < -0.39 is 5.97 Å². The molecule has 0 spiro atoms. The van der Waals surface area contributed by atoms with E-state index in [2.05, 4.69) is 4.98 Å². The van der Waals surface area contributed by atoms with Crippen LogP contribution in [0.25, 0.3) is 22.3 Å². The number of fused-ring (bicyclic) bond motifs is 1. The minimum atomic E-state index is -0.430. The maximum atomic E-state index is 13.1. The third kappa shape index (κ3) is 4.72. The van der Waals surface area contributed by atoms with Gasteiger partial charge < -0.3 is 20.0 Å². The topological polar surface area (TPSA) is 75.3 Å². The summed E-state index contributed by atoms with van der Waals surface area (Å²) in [6.07, 6.45) is 3.45. The lowest BCUT2D eigenvalue weighted by Crippen LogP contribution is -2.28. The standard InChI is InChI=1S/C23H28N3O4/c1-5-6-10-30-21(27)15-26-22-20(25(23(26)28)14-16(2)3)12-18(13-24-22)17-8-7-9-19(11-17)29-4/h7-9,11-13H,5-6,10,14-15H2,1-4H3/q-1. The van der Waals surface area contributed by atoms with Crippen molar-refractivity contribution in [3.63, 3.8) is 0 Å². The molecule has 7 heteroatoms. The number of esters is 1. The van der Waals surface area contributed by atoms with E-state index in [1.54, 1.807) is 17.9 Å². The molecule has 0 fully saturated rings. The van der Waals surface area contributed by atoms with E-state index in [1.165, 1.54) is 4.57 Å². The van der Waals surface area contributed by atoms with Gasteiger partial charge in [0.25, 0.3) is 0 Å². The normalized spacial score (nSPS) is 11.2. The molecule has 3 aromatic rings. The summed E-state index contributed by atoms with van der Waals surface area (Å²) < 4.78 is 13.6. The van der Waals surface area contributed by atoms with Crippen LogP contribution in [-0.4, -0.2) is 33.8 Å². The van der Waals surface area contributed by atoms with Gasteiger partial charge in [-0.3, -0.25) is 9.36 Å². The van der Waals surface area contributed by atoms with E-state index >= 15 is 0 Å². The second kappa shape index (κ2) is 9.61. The van der Waals surface area contributed by atoms with Crippen LogP contribution in [0, 0.1) is 5.92 Å². The van der Waals surface area contributed by atoms with Crippen molar-refractivity contribution in [2.75, 3.05) is 13.7 Å². The zero-order valence-corrected chi connectivity index (χ0v) is 18.0. The molecule has 160 valence electrons. The molecule has 0 aliphatic rings. The predicted octanol–water partition coefficient (Wildman–Crippen LogP) is 3.83.